The van der Waals surface area contributed by atoms with Crippen LogP contribution in [0.25, 0.3) is 0 Å². The van der Waals surface area contributed by atoms with Crippen LogP contribution < -0.4 is 14.8 Å². The number of benzene rings is 1. The summed E-state index contributed by atoms with van der Waals surface area (Å²) in [5.41, 5.74) is 0.967. The molecular weight excluding hydrogens is 218 g/mol. The van der Waals surface area contributed by atoms with Gasteiger partial charge in [-0.1, -0.05) is 5.92 Å². The minimum atomic E-state index is 0.0205. The molecule has 0 spiro atoms. The van der Waals surface area contributed by atoms with Crippen molar-refractivity contribution in [1.29, 1.82) is 0 Å². The second-order valence-electron chi connectivity index (χ2n) is 3.38. The lowest BCUT2D eigenvalue weighted by atomic mass is 10.2. The minimum Gasteiger partial charge on any atom is -0.502 e. The molecule has 0 aromatic heterocycles. The lowest BCUT2D eigenvalue weighted by Gasteiger charge is -2.11. The van der Waals surface area contributed by atoms with Gasteiger partial charge in [-0.2, -0.15) is 0 Å². The van der Waals surface area contributed by atoms with Gasteiger partial charge < -0.3 is 19.9 Å². The molecule has 0 unspecified atom stereocenters. The van der Waals surface area contributed by atoms with Gasteiger partial charge in [0.1, 0.15) is 0 Å². The largest absolute Gasteiger partial charge is 0.502 e. The van der Waals surface area contributed by atoms with Crippen molar-refractivity contribution in [2.45, 2.75) is 13.5 Å². The van der Waals surface area contributed by atoms with Gasteiger partial charge >= 0.3 is 0 Å². The van der Waals surface area contributed by atoms with Gasteiger partial charge in [-0.3, -0.25) is 0 Å². The maximum atomic E-state index is 9.73. The molecule has 2 N–H and O–H groups in total. The zero-order valence-corrected chi connectivity index (χ0v) is 10.3. The molecule has 0 radical (unpaired) electrons. The van der Waals surface area contributed by atoms with E-state index in [1.54, 1.807) is 19.1 Å². The van der Waals surface area contributed by atoms with E-state index in [1.807, 2.05) is 0 Å². The van der Waals surface area contributed by atoms with E-state index >= 15 is 0 Å². The number of ether oxygens (including phenoxy) is 2. The molecular formula is C13H17NO3. The highest BCUT2D eigenvalue weighted by molar-refractivity contribution is 5.52. The molecule has 0 atom stereocenters. The van der Waals surface area contributed by atoms with E-state index in [2.05, 4.69) is 17.2 Å². The van der Waals surface area contributed by atoms with Gasteiger partial charge in [0.15, 0.2) is 11.5 Å². The zero-order valence-electron chi connectivity index (χ0n) is 10.3. The van der Waals surface area contributed by atoms with Crippen molar-refractivity contribution in [2.24, 2.45) is 0 Å². The summed E-state index contributed by atoms with van der Waals surface area (Å²) in [6.45, 7) is 3.07. The predicted molar refractivity (Wildman–Crippen MR) is 66.4 cm³/mol. The molecule has 0 aliphatic heterocycles. The Bertz CT molecular complexity index is 407. The molecule has 0 fully saturated rings. The van der Waals surface area contributed by atoms with E-state index in [9.17, 15) is 5.11 Å². The summed E-state index contributed by atoms with van der Waals surface area (Å²) in [5, 5.41) is 12.9. The average molecular weight is 235 g/mol. The number of rotatable bonds is 5. The van der Waals surface area contributed by atoms with Crippen LogP contribution in [0.4, 0.5) is 0 Å². The molecule has 0 saturated heterocycles. The Morgan fingerprint density at radius 3 is 2.29 bits per heavy atom. The summed E-state index contributed by atoms with van der Waals surface area (Å²) < 4.78 is 10.1. The SMILES string of the molecule is CC#CCNCc1cc(OC)c(O)c(OC)c1. The van der Waals surface area contributed by atoms with E-state index in [0.717, 1.165) is 5.56 Å². The first kappa shape index (κ1) is 13.2. The third kappa shape index (κ3) is 3.58. The van der Waals surface area contributed by atoms with Crippen molar-refractivity contribution >= 4 is 0 Å². The van der Waals surface area contributed by atoms with Crippen LogP contribution in [-0.2, 0) is 6.54 Å². The molecule has 0 heterocycles. The van der Waals surface area contributed by atoms with Gasteiger partial charge in [0.25, 0.3) is 0 Å². The smallest absolute Gasteiger partial charge is 0.200 e. The molecule has 0 saturated carbocycles. The highest BCUT2D eigenvalue weighted by atomic mass is 16.5. The summed E-state index contributed by atoms with van der Waals surface area (Å²) in [5.74, 6) is 6.55. The maximum absolute atomic E-state index is 9.73. The first-order valence-corrected chi connectivity index (χ1v) is 5.27. The van der Waals surface area contributed by atoms with Crippen LogP contribution in [0.3, 0.4) is 0 Å². The third-order valence-electron chi connectivity index (χ3n) is 2.26. The molecule has 4 heteroatoms. The Labute approximate surface area is 102 Å². The summed E-state index contributed by atoms with van der Waals surface area (Å²) in [4.78, 5) is 0. The molecule has 1 rings (SSSR count). The van der Waals surface area contributed by atoms with Crippen molar-refractivity contribution < 1.29 is 14.6 Å². The van der Waals surface area contributed by atoms with E-state index in [4.69, 9.17) is 9.47 Å². The fourth-order valence-electron chi connectivity index (χ4n) is 1.41. The number of hydrogen-bond acceptors (Lipinski definition) is 4. The van der Waals surface area contributed by atoms with Crippen LogP contribution in [-0.4, -0.2) is 25.9 Å². The third-order valence-corrected chi connectivity index (χ3v) is 2.26. The van der Waals surface area contributed by atoms with Crippen molar-refractivity contribution in [3.05, 3.63) is 17.7 Å². The summed E-state index contributed by atoms with van der Waals surface area (Å²) in [6.07, 6.45) is 0. The molecule has 17 heavy (non-hydrogen) atoms. The highest BCUT2D eigenvalue weighted by Crippen LogP contribution is 2.36. The average Bonchev–Trinajstić information content (AvgIpc) is 2.36. The van der Waals surface area contributed by atoms with E-state index < -0.39 is 0 Å². The summed E-state index contributed by atoms with van der Waals surface area (Å²) in [6, 6.07) is 3.54. The first-order chi connectivity index (χ1) is 8.22. The molecule has 92 valence electrons. The number of aromatic hydroxyl groups is 1. The van der Waals surface area contributed by atoms with Crippen molar-refractivity contribution in [3.63, 3.8) is 0 Å². The molecule has 0 aliphatic carbocycles. The summed E-state index contributed by atoms with van der Waals surface area (Å²) in [7, 11) is 3.02. The lowest BCUT2D eigenvalue weighted by molar-refractivity contribution is 0.339. The normalized spacial score (nSPS) is 9.35. The van der Waals surface area contributed by atoms with E-state index in [1.165, 1.54) is 14.2 Å². The predicted octanol–water partition coefficient (Wildman–Crippen LogP) is 1.52. The first-order valence-electron chi connectivity index (χ1n) is 5.27. The van der Waals surface area contributed by atoms with Gasteiger partial charge in [0.05, 0.1) is 20.8 Å². The van der Waals surface area contributed by atoms with Gasteiger partial charge in [-0.15, -0.1) is 5.92 Å². The number of phenols is 1. The van der Waals surface area contributed by atoms with Gasteiger partial charge in [0, 0.05) is 6.54 Å². The van der Waals surface area contributed by atoms with E-state index in [-0.39, 0.29) is 5.75 Å². The van der Waals surface area contributed by atoms with Crippen molar-refractivity contribution in [2.75, 3.05) is 20.8 Å². The minimum absolute atomic E-state index is 0.0205. The number of nitrogens with one attached hydrogen (secondary N) is 1. The van der Waals surface area contributed by atoms with Crippen LogP contribution in [0, 0.1) is 11.8 Å². The molecule has 4 nitrogen and oxygen atoms in total. The lowest BCUT2D eigenvalue weighted by Crippen LogP contribution is -2.13. The monoisotopic (exact) mass is 235 g/mol. The summed E-state index contributed by atoms with van der Waals surface area (Å²) >= 11 is 0. The molecule has 1 aromatic rings. The standard InChI is InChI=1S/C13H17NO3/c1-4-5-6-14-9-10-7-11(16-2)13(15)12(8-10)17-3/h7-8,14-15H,6,9H2,1-3H3. The van der Waals surface area contributed by atoms with Crippen LogP contribution in [0.15, 0.2) is 12.1 Å². The number of methoxy groups -OCH3 is 2. The molecule has 0 aliphatic rings. The maximum Gasteiger partial charge on any atom is 0.200 e. The van der Waals surface area contributed by atoms with E-state index in [0.29, 0.717) is 24.6 Å². The van der Waals surface area contributed by atoms with Crippen LogP contribution >= 0.6 is 0 Å². The molecule has 0 bridgehead atoms. The van der Waals surface area contributed by atoms with Crippen molar-refractivity contribution in [3.8, 4) is 29.1 Å². The molecule has 0 amide bonds. The van der Waals surface area contributed by atoms with Gasteiger partial charge in [-0.05, 0) is 24.6 Å². The van der Waals surface area contributed by atoms with Gasteiger partial charge in [-0.25, -0.2) is 0 Å². The Kier molecular flexibility index (Phi) is 5.18. The quantitative estimate of drug-likeness (QED) is 0.600. The zero-order chi connectivity index (χ0) is 12.7. The van der Waals surface area contributed by atoms with Crippen LogP contribution in [0.5, 0.6) is 17.2 Å². The molecule has 1 aromatic carbocycles. The Hall–Kier alpha value is -1.86. The fraction of sp³-hybridized carbons (Fsp3) is 0.385. The second kappa shape index (κ2) is 6.66. The number of phenolic OH excluding ortho intramolecular Hbond substituents is 1. The van der Waals surface area contributed by atoms with Crippen molar-refractivity contribution in [1.82, 2.24) is 5.32 Å². The van der Waals surface area contributed by atoms with Gasteiger partial charge in [0.2, 0.25) is 5.75 Å². The highest BCUT2D eigenvalue weighted by Gasteiger charge is 2.10. The Morgan fingerprint density at radius 1 is 1.24 bits per heavy atom. The second-order valence-corrected chi connectivity index (χ2v) is 3.38. The fourth-order valence-corrected chi connectivity index (χ4v) is 1.41. The topological polar surface area (TPSA) is 50.7 Å². The Morgan fingerprint density at radius 2 is 1.82 bits per heavy atom. The Balaban J connectivity index is 2.80. The number of hydrogen-bond donors (Lipinski definition) is 2. The van der Waals surface area contributed by atoms with Crippen LogP contribution in [0.2, 0.25) is 0 Å². The van der Waals surface area contributed by atoms with Crippen LogP contribution in [0.1, 0.15) is 12.5 Å².